The van der Waals surface area contributed by atoms with E-state index in [2.05, 4.69) is 15.4 Å². The summed E-state index contributed by atoms with van der Waals surface area (Å²) in [6, 6.07) is 12.9. The molecule has 1 N–H and O–H groups in total. The summed E-state index contributed by atoms with van der Waals surface area (Å²) >= 11 is 3.12. The van der Waals surface area contributed by atoms with Crippen LogP contribution in [0.4, 0.5) is 5.82 Å². The van der Waals surface area contributed by atoms with Crippen molar-refractivity contribution in [3.8, 4) is 21.5 Å². The molecule has 4 rings (SSSR count). The van der Waals surface area contributed by atoms with E-state index in [1.807, 2.05) is 35.9 Å². The molecule has 0 aliphatic heterocycles. The number of hydrogen-bond acceptors (Lipinski definition) is 6. The third kappa shape index (κ3) is 3.62. The van der Waals surface area contributed by atoms with Crippen LogP contribution in [0.15, 0.2) is 53.2 Å². The molecule has 3 heterocycles. The number of carbonyl (C=O) groups excluding carboxylic acids is 1. The predicted octanol–water partition coefficient (Wildman–Crippen LogP) is 4.63. The van der Waals surface area contributed by atoms with E-state index in [4.69, 9.17) is 4.74 Å². The van der Waals surface area contributed by atoms with Crippen LogP contribution in [0.25, 0.3) is 15.7 Å². The van der Waals surface area contributed by atoms with Gasteiger partial charge < -0.3 is 10.1 Å². The Morgan fingerprint density at radius 1 is 1.19 bits per heavy atom. The van der Waals surface area contributed by atoms with Crippen LogP contribution in [0.1, 0.15) is 16.1 Å². The highest BCUT2D eigenvalue weighted by molar-refractivity contribution is 7.15. The first-order valence-electron chi connectivity index (χ1n) is 8.16. The number of thiazole rings is 1. The highest BCUT2D eigenvalue weighted by Crippen LogP contribution is 2.29. The number of anilines is 1. The predicted molar refractivity (Wildman–Crippen MR) is 108 cm³/mol. The van der Waals surface area contributed by atoms with Gasteiger partial charge in [0.15, 0.2) is 0 Å². The number of hydrogen-bond donors (Lipinski definition) is 1. The van der Waals surface area contributed by atoms with Gasteiger partial charge >= 0.3 is 0 Å². The minimum Gasteiger partial charge on any atom is -0.497 e. The molecule has 0 atom stereocenters. The molecule has 27 heavy (non-hydrogen) atoms. The maximum absolute atomic E-state index is 12.6. The molecule has 1 amide bonds. The number of methoxy groups -OCH3 is 1. The quantitative estimate of drug-likeness (QED) is 0.534. The van der Waals surface area contributed by atoms with E-state index >= 15 is 0 Å². The Labute approximate surface area is 164 Å². The zero-order chi connectivity index (χ0) is 18.8. The van der Waals surface area contributed by atoms with Crippen molar-refractivity contribution in [3.05, 3.63) is 64.5 Å². The van der Waals surface area contributed by atoms with Crippen molar-refractivity contribution in [1.82, 2.24) is 14.8 Å². The topological polar surface area (TPSA) is 69.0 Å². The molecule has 0 spiro atoms. The average molecular weight is 396 g/mol. The second kappa shape index (κ2) is 7.34. The number of ether oxygens (including phenoxy) is 1. The summed E-state index contributed by atoms with van der Waals surface area (Å²) in [5.41, 5.74) is 2.21. The van der Waals surface area contributed by atoms with Gasteiger partial charge in [0.25, 0.3) is 5.91 Å². The van der Waals surface area contributed by atoms with Crippen molar-refractivity contribution in [2.24, 2.45) is 0 Å². The molecule has 136 valence electrons. The number of amides is 1. The van der Waals surface area contributed by atoms with E-state index in [-0.39, 0.29) is 5.91 Å². The average Bonchev–Trinajstić information content (AvgIpc) is 3.42. The Balaban J connectivity index is 1.62. The first-order valence-corrected chi connectivity index (χ1v) is 9.92. The van der Waals surface area contributed by atoms with Crippen LogP contribution in [0.3, 0.4) is 0 Å². The van der Waals surface area contributed by atoms with Crippen LogP contribution in [0, 0.1) is 6.92 Å². The van der Waals surface area contributed by atoms with Crippen LogP contribution in [0.5, 0.6) is 5.75 Å². The van der Waals surface area contributed by atoms with E-state index in [9.17, 15) is 4.79 Å². The van der Waals surface area contributed by atoms with Gasteiger partial charge in [-0.15, -0.1) is 22.7 Å². The van der Waals surface area contributed by atoms with Gasteiger partial charge in [-0.1, -0.05) is 12.1 Å². The maximum atomic E-state index is 12.6. The fourth-order valence-corrected chi connectivity index (χ4v) is 4.13. The normalized spacial score (nSPS) is 10.7. The summed E-state index contributed by atoms with van der Waals surface area (Å²) in [5, 5.41) is 12.1. The van der Waals surface area contributed by atoms with Gasteiger partial charge in [0.05, 0.1) is 23.4 Å². The largest absolute Gasteiger partial charge is 0.497 e. The summed E-state index contributed by atoms with van der Waals surface area (Å²) in [6.07, 6.45) is 0. The number of nitrogens with one attached hydrogen (secondary N) is 1. The number of rotatable bonds is 5. The van der Waals surface area contributed by atoms with E-state index in [0.717, 1.165) is 16.3 Å². The van der Waals surface area contributed by atoms with Gasteiger partial charge in [0, 0.05) is 17.0 Å². The van der Waals surface area contributed by atoms with Gasteiger partial charge in [-0.2, -0.15) is 9.78 Å². The van der Waals surface area contributed by atoms with E-state index < -0.39 is 0 Å². The first kappa shape index (κ1) is 17.4. The number of benzene rings is 1. The fraction of sp³-hybridized carbons (Fsp3) is 0.105. The molecular formula is C19H16N4O2S2. The van der Waals surface area contributed by atoms with Crippen LogP contribution < -0.4 is 10.1 Å². The molecule has 0 bridgehead atoms. The third-order valence-corrected chi connectivity index (χ3v) is 5.56. The van der Waals surface area contributed by atoms with Crippen LogP contribution >= 0.6 is 22.7 Å². The lowest BCUT2D eigenvalue weighted by molar-refractivity contribution is 0.102. The van der Waals surface area contributed by atoms with Crippen molar-refractivity contribution in [1.29, 1.82) is 0 Å². The summed E-state index contributed by atoms with van der Waals surface area (Å²) in [4.78, 5) is 18.4. The minimum atomic E-state index is -0.231. The Bertz CT molecular complexity index is 1080. The van der Waals surface area contributed by atoms with Crippen molar-refractivity contribution < 1.29 is 9.53 Å². The molecule has 4 aromatic rings. The molecular weight excluding hydrogens is 380 g/mol. The smallest absolute Gasteiger partial charge is 0.256 e. The standard InChI is InChI=1S/C19H16N4O2S2/c1-12-9-17(21-18(24)13-5-3-6-14(10-13)25-2)23(22-12)19-20-15(11-27-19)16-7-4-8-26-16/h3-11H,1-2H3,(H,21,24). The van der Waals surface area contributed by atoms with Gasteiger partial charge in [-0.25, -0.2) is 4.98 Å². The van der Waals surface area contributed by atoms with Crippen molar-refractivity contribution >= 4 is 34.4 Å². The van der Waals surface area contributed by atoms with Gasteiger partial charge in [-0.3, -0.25) is 4.79 Å². The zero-order valence-corrected chi connectivity index (χ0v) is 16.3. The number of aromatic nitrogens is 3. The summed E-state index contributed by atoms with van der Waals surface area (Å²) < 4.78 is 6.85. The Morgan fingerprint density at radius 3 is 2.85 bits per heavy atom. The van der Waals surface area contributed by atoms with Crippen molar-refractivity contribution in [3.63, 3.8) is 0 Å². The molecule has 1 aromatic carbocycles. The molecule has 0 unspecified atom stereocenters. The Kier molecular flexibility index (Phi) is 4.74. The van der Waals surface area contributed by atoms with E-state index in [0.29, 0.717) is 22.3 Å². The Hall–Kier alpha value is -2.97. The molecule has 0 fully saturated rings. The summed E-state index contributed by atoms with van der Waals surface area (Å²) in [5.74, 6) is 0.977. The van der Waals surface area contributed by atoms with Gasteiger partial charge in [0.2, 0.25) is 5.13 Å². The van der Waals surface area contributed by atoms with Crippen LogP contribution in [-0.2, 0) is 0 Å². The van der Waals surface area contributed by atoms with E-state index in [1.165, 1.54) is 11.3 Å². The maximum Gasteiger partial charge on any atom is 0.256 e. The summed E-state index contributed by atoms with van der Waals surface area (Å²) in [7, 11) is 1.57. The first-order chi connectivity index (χ1) is 13.1. The lowest BCUT2D eigenvalue weighted by atomic mass is 10.2. The zero-order valence-electron chi connectivity index (χ0n) is 14.7. The van der Waals surface area contributed by atoms with Crippen LogP contribution in [-0.4, -0.2) is 27.8 Å². The second-order valence-corrected chi connectivity index (χ2v) is 7.55. The molecule has 0 saturated heterocycles. The molecule has 0 aliphatic carbocycles. The molecule has 3 aromatic heterocycles. The highest BCUT2D eigenvalue weighted by atomic mass is 32.1. The van der Waals surface area contributed by atoms with E-state index in [1.54, 1.807) is 47.4 Å². The lowest BCUT2D eigenvalue weighted by Gasteiger charge is -2.07. The SMILES string of the molecule is COc1cccc(C(=O)Nc2cc(C)nn2-c2nc(-c3cccs3)cs2)c1. The lowest BCUT2D eigenvalue weighted by Crippen LogP contribution is -2.15. The molecule has 0 aliphatic rings. The number of thiophene rings is 1. The summed E-state index contributed by atoms with van der Waals surface area (Å²) in [6.45, 7) is 1.88. The number of aryl methyl sites for hydroxylation is 1. The van der Waals surface area contributed by atoms with Crippen LogP contribution in [0.2, 0.25) is 0 Å². The van der Waals surface area contributed by atoms with Crippen molar-refractivity contribution in [2.45, 2.75) is 6.92 Å². The number of carbonyl (C=O) groups is 1. The number of nitrogens with zero attached hydrogens (tertiary/aromatic N) is 3. The van der Waals surface area contributed by atoms with Gasteiger partial charge in [-0.05, 0) is 36.6 Å². The monoisotopic (exact) mass is 396 g/mol. The highest BCUT2D eigenvalue weighted by Gasteiger charge is 2.16. The molecule has 8 heteroatoms. The second-order valence-electron chi connectivity index (χ2n) is 5.76. The van der Waals surface area contributed by atoms with Gasteiger partial charge in [0.1, 0.15) is 11.6 Å². The third-order valence-electron chi connectivity index (χ3n) is 3.85. The molecule has 0 saturated carbocycles. The minimum absolute atomic E-state index is 0.231. The molecule has 6 nitrogen and oxygen atoms in total. The fourth-order valence-electron chi connectivity index (χ4n) is 2.59. The Morgan fingerprint density at radius 2 is 2.07 bits per heavy atom. The van der Waals surface area contributed by atoms with Crippen molar-refractivity contribution in [2.75, 3.05) is 12.4 Å². The molecule has 0 radical (unpaired) electrons.